The average Bonchev–Trinajstić information content (AvgIpc) is 3.08. The minimum Gasteiger partial charge on any atom is -0.380 e. The van der Waals surface area contributed by atoms with Crippen LogP contribution in [0.4, 0.5) is 0 Å². The van der Waals surface area contributed by atoms with E-state index in [-0.39, 0.29) is 6.73 Å². The fourth-order valence-corrected chi connectivity index (χ4v) is 16.6. The molecule has 206 valence electrons. The molecule has 6 aromatic carbocycles. The van der Waals surface area contributed by atoms with Gasteiger partial charge in [-0.3, -0.25) is 0 Å². The summed E-state index contributed by atoms with van der Waals surface area (Å²) in [6.07, 6.45) is 0. The standard InChI is InChI=1S/C37H34N2OP2/c40-31-38-39(41(32-19-7-1-8-20-32,33-21-9-2-10-22-33)34-23-11-3-12-24-34)42(35-25-13-4-14-26-35,36-27-15-5-16-28-36)37-29-17-6-18-30-37/h1-30,38,40H,31H2/q+2. The van der Waals surface area contributed by atoms with Crippen LogP contribution in [0.15, 0.2) is 182 Å². The Labute approximate surface area is 249 Å². The molecule has 3 nitrogen and oxygen atoms in total. The molecule has 42 heavy (non-hydrogen) atoms. The summed E-state index contributed by atoms with van der Waals surface area (Å²) in [5, 5.41) is 18.2. The van der Waals surface area contributed by atoms with Gasteiger partial charge in [-0.15, -0.1) is 0 Å². The number of aliphatic hydroxyl groups excluding tert-OH is 1. The first-order chi connectivity index (χ1) is 20.8. The average molecular weight is 585 g/mol. The number of hydrazine groups is 1. The molecule has 0 saturated carbocycles. The molecular weight excluding hydrogens is 550 g/mol. The zero-order chi connectivity index (χ0) is 28.7. The van der Waals surface area contributed by atoms with Crippen molar-refractivity contribution in [2.75, 3.05) is 6.73 Å². The maximum atomic E-state index is 10.9. The van der Waals surface area contributed by atoms with Gasteiger partial charge in [0, 0.05) is 4.55 Å². The molecule has 6 aromatic rings. The number of hydrogen-bond acceptors (Lipinski definition) is 3. The summed E-state index contributed by atoms with van der Waals surface area (Å²) in [4.78, 5) is 0. The van der Waals surface area contributed by atoms with E-state index < -0.39 is 14.8 Å². The summed E-state index contributed by atoms with van der Waals surface area (Å²) in [7, 11) is -5.37. The highest BCUT2D eigenvalue weighted by Crippen LogP contribution is 2.74. The van der Waals surface area contributed by atoms with Gasteiger partial charge in [-0.25, -0.2) is 0 Å². The van der Waals surface area contributed by atoms with Gasteiger partial charge in [0.2, 0.25) is 14.8 Å². The third-order valence-corrected chi connectivity index (χ3v) is 16.9. The monoisotopic (exact) mass is 584 g/mol. The Bertz CT molecular complexity index is 1350. The van der Waals surface area contributed by atoms with E-state index in [0.29, 0.717) is 0 Å². The lowest BCUT2D eigenvalue weighted by Crippen LogP contribution is -2.55. The van der Waals surface area contributed by atoms with E-state index in [0.717, 1.165) is 0 Å². The van der Waals surface area contributed by atoms with Crippen LogP contribution in [0.5, 0.6) is 0 Å². The first kappa shape index (κ1) is 28.2. The second-order valence-corrected chi connectivity index (χ2v) is 16.6. The first-order valence-electron chi connectivity index (χ1n) is 14.1. The van der Waals surface area contributed by atoms with Gasteiger partial charge in [-0.05, 0) is 72.8 Å². The van der Waals surface area contributed by atoms with Crippen LogP contribution >= 0.6 is 14.8 Å². The molecule has 0 aliphatic rings. The SMILES string of the molecule is OCNN([P+](c1ccccc1)(c1ccccc1)c1ccccc1)[P+](c1ccccc1)(c1ccccc1)c1ccccc1. The highest BCUT2D eigenvalue weighted by molar-refractivity contribution is 8.06. The fraction of sp³-hybridized carbons (Fsp3) is 0.0270. The van der Waals surface area contributed by atoms with E-state index in [9.17, 15) is 5.11 Å². The smallest absolute Gasteiger partial charge is 0.238 e. The lowest BCUT2D eigenvalue weighted by Gasteiger charge is -2.41. The Morgan fingerprint density at radius 3 is 0.714 bits per heavy atom. The zero-order valence-corrected chi connectivity index (χ0v) is 25.1. The third kappa shape index (κ3) is 4.91. The lowest BCUT2D eigenvalue weighted by molar-refractivity contribution is 0.225. The molecule has 0 radical (unpaired) electrons. The third-order valence-electron chi connectivity index (χ3n) is 7.56. The molecule has 5 heteroatoms. The van der Waals surface area contributed by atoms with Crippen LogP contribution in [0.1, 0.15) is 0 Å². The molecule has 2 N–H and O–H groups in total. The molecule has 0 unspecified atom stereocenters. The topological polar surface area (TPSA) is 35.5 Å². The number of rotatable bonds is 10. The Morgan fingerprint density at radius 1 is 0.357 bits per heavy atom. The minimum absolute atomic E-state index is 0.220. The molecule has 0 aliphatic carbocycles. The summed E-state index contributed by atoms with van der Waals surface area (Å²) >= 11 is 0. The second-order valence-electron chi connectivity index (χ2n) is 9.89. The van der Waals surface area contributed by atoms with Crippen LogP contribution in [0, 0.1) is 0 Å². The molecule has 0 spiro atoms. The van der Waals surface area contributed by atoms with Crippen LogP contribution in [0.2, 0.25) is 0 Å². The molecule has 0 aromatic heterocycles. The summed E-state index contributed by atoms with van der Waals surface area (Å²) in [5.41, 5.74) is 3.64. The Morgan fingerprint density at radius 2 is 0.548 bits per heavy atom. The summed E-state index contributed by atoms with van der Waals surface area (Å²) < 4.78 is 2.50. The minimum atomic E-state index is -2.69. The van der Waals surface area contributed by atoms with Crippen molar-refractivity contribution >= 4 is 46.7 Å². The van der Waals surface area contributed by atoms with Crippen molar-refractivity contribution in [2.45, 2.75) is 0 Å². The van der Waals surface area contributed by atoms with Crippen molar-refractivity contribution in [3.63, 3.8) is 0 Å². The molecule has 0 bridgehead atoms. The van der Waals surface area contributed by atoms with Gasteiger partial charge in [0.1, 0.15) is 38.6 Å². The van der Waals surface area contributed by atoms with E-state index in [4.69, 9.17) is 0 Å². The first-order valence-corrected chi connectivity index (χ1v) is 17.6. The largest absolute Gasteiger partial charge is 0.380 e. The Hall–Kier alpha value is -3.94. The van der Waals surface area contributed by atoms with E-state index in [2.05, 4.69) is 192 Å². The van der Waals surface area contributed by atoms with Crippen LogP contribution in [0.25, 0.3) is 0 Å². The van der Waals surface area contributed by atoms with E-state index in [1.807, 2.05) is 0 Å². The lowest BCUT2D eigenvalue weighted by atomic mass is 10.4. The normalized spacial score (nSPS) is 11.9. The number of hydrogen-bond donors (Lipinski definition) is 2. The molecule has 0 heterocycles. The highest BCUT2D eigenvalue weighted by atomic mass is 31.2. The number of nitrogens with zero attached hydrogens (tertiary/aromatic N) is 1. The van der Waals surface area contributed by atoms with Gasteiger partial charge < -0.3 is 5.11 Å². The highest BCUT2D eigenvalue weighted by Gasteiger charge is 2.68. The van der Waals surface area contributed by atoms with Crippen LogP contribution < -0.4 is 37.3 Å². The van der Waals surface area contributed by atoms with Crippen LogP contribution in [-0.4, -0.2) is 16.4 Å². The molecule has 0 atom stereocenters. The van der Waals surface area contributed by atoms with Crippen molar-refractivity contribution in [2.24, 2.45) is 0 Å². The van der Waals surface area contributed by atoms with Crippen molar-refractivity contribution in [3.8, 4) is 0 Å². The molecule has 0 aliphatic heterocycles. The van der Waals surface area contributed by atoms with E-state index >= 15 is 0 Å². The molecule has 0 fully saturated rings. The van der Waals surface area contributed by atoms with E-state index in [1.54, 1.807) is 0 Å². The second kappa shape index (κ2) is 12.9. The maximum Gasteiger partial charge on any atom is 0.238 e. The predicted molar refractivity (Wildman–Crippen MR) is 182 cm³/mol. The van der Waals surface area contributed by atoms with Crippen molar-refractivity contribution in [1.29, 1.82) is 0 Å². The van der Waals surface area contributed by atoms with Gasteiger partial charge in [0.25, 0.3) is 0 Å². The molecular formula is C37H34N2OP2+2. The summed E-state index contributed by atoms with van der Waals surface area (Å²) in [6.45, 7) is -0.220. The molecule has 0 amide bonds. The predicted octanol–water partition coefficient (Wildman–Crippen LogP) is 5.56. The molecule has 6 rings (SSSR count). The zero-order valence-electron chi connectivity index (χ0n) is 23.3. The molecule has 0 saturated heterocycles. The van der Waals surface area contributed by atoms with Crippen LogP contribution in [-0.2, 0) is 0 Å². The summed E-state index contributed by atoms with van der Waals surface area (Å²) in [6, 6.07) is 64.9. The van der Waals surface area contributed by atoms with Gasteiger partial charge in [-0.1, -0.05) is 109 Å². The summed E-state index contributed by atoms with van der Waals surface area (Å²) in [5.74, 6) is 0. The number of benzene rings is 6. The Balaban J connectivity index is 1.85. The quantitative estimate of drug-likeness (QED) is 0.126. The van der Waals surface area contributed by atoms with Gasteiger partial charge in [0.15, 0.2) is 0 Å². The van der Waals surface area contributed by atoms with Crippen molar-refractivity contribution in [1.82, 2.24) is 9.98 Å². The van der Waals surface area contributed by atoms with E-state index in [1.165, 1.54) is 31.8 Å². The van der Waals surface area contributed by atoms with Crippen molar-refractivity contribution < 1.29 is 5.11 Å². The number of nitrogens with one attached hydrogen (secondary N) is 1. The van der Waals surface area contributed by atoms with Crippen LogP contribution in [0.3, 0.4) is 0 Å². The van der Waals surface area contributed by atoms with Gasteiger partial charge in [0.05, 0.1) is 0 Å². The Kier molecular flexibility index (Phi) is 8.68. The van der Waals surface area contributed by atoms with Crippen molar-refractivity contribution in [3.05, 3.63) is 182 Å². The maximum absolute atomic E-state index is 10.9. The van der Waals surface area contributed by atoms with Gasteiger partial charge in [-0.2, -0.15) is 5.43 Å². The van der Waals surface area contributed by atoms with Gasteiger partial charge >= 0.3 is 0 Å². The fourth-order valence-electron chi connectivity index (χ4n) is 5.89. The number of aliphatic hydroxyl groups is 1.